The van der Waals surface area contributed by atoms with Crippen LogP contribution in [0.1, 0.15) is 24.1 Å². The average Bonchev–Trinajstić information content (AvgIpc) is 2.36. The van der Waals surface area contributed by atoms with E-state index in [1.165, 1.54) is 0 Å². The molecule has 1 aromatic carbocycles. The van der Waals surface area contributed by atoms with Crippen LogP contribution in [-0.2, 0) is 11.2 Å². The summed E-state index contributed by atoms with van der Waals surface area (Å²) in [7, 11) is 0. The fraction of sp³-hybridized carbons (Fsp3) is 0.462. The lowest BCUT2D eigenvalue weighted by Crippen LogP contribution is -2.46. The number of rotatable bonds is 2. The summed E-state index contributed by atoms with van der Waals surface area (Å²) in [5.74, 6) is -0.355. The molecule has 1 heterocycles. The molecule has 4 nitrogen and oxygen atoms in total. The van der Waals surface area contributed by atoms with Gasteiger partial charge in [0.25, 0.3) is 5.91 Å². The molecular weight excluding hydrogens is 287 g/mol. The van der Waals surface area contributed by atoms with Gasteiger partial charge in [-0.25, -0.2) is 0 Å². The molecule has 0 aromatic heterocycles. The third-order valence-electron chi connectivity index (χ3n) is 3.48. The molecule has 6 heteroatoms. The second-order valence-electron chi connectivity index (χ2n) is 4.67. The van der Waals surface area contributed by atoms with Gasteiger partial charge in [-0.2, -0.15) is 0 Å². The van der Waals surface area contributed by atoms with Crippen molar-refractivity contribution >= 4 is 29.1 Å². The lowest BCUT2D eigenvalue weighted by molar-refractivity contribution is -0.142. The minimum Gasteiger partial charge on any atom is -0.382 e. The molecule has 0 spiro atoms. The second-order valence-corrected chi connectivity index (χ2v) is 5.51. The number of nitrogens with two attached hydrogens (primary N) is 1. The van der Waals surface area contributed by atoms with Crippen LogP contribution < -0.4 is 5.73 Å². The van der Waals surface area contributed by atoms with Crippen LogP contribution in [0.3, 0.4) is 0 Å². The quantitative estimate of drug-likeness (QED) is 0.875. The fourth-order valence-electron chi connectivity index (χ4n) is 2.50. The molecular formula is C13H16Cl2N2O2. The maximum atomic E-state index is 12.1. The normalized spacial score (nSPS) is 20.1. The lowest BCUT2D eigenvalue weighted by Gasteiger charge is -2.37. The van der Waals surface area contributed by atoms with Gasteiger partial charge < -0.3 is 15.7 Å². The number of benzene rings is 1. The van der Waals surface area contributed by atoms with Crippen LogP contribution in [0.25, 0.3) is 0 Å². The van der Waals surface area contributed by atoms with E-state index >= 15 is 0 Å². The van der Waals surface area contributed by atoms with Gasteiger partial charge in [-0.1, -0.05) is 23.2 Å². The zero-order valence-electron chi connectivity index (χ0n) is 10.6. The van der Waals surface area contributed by atoms with Crippen LogP contribution in [-0.4, -0.2) is 35.1 Å². The number of hydrogen-bond acceptors (Lipinski definition) is 3. The average molecular weight is 303 g/mol. The topological polar surface area (TPSA) is 66.6 Å². The summed E-state index contributed by atoms with van der Waals surface area (Å²) in [5.41, 5.74) is 7.28. The molecule has 0 aliphatic carbocycles. The second kappa shape index (κ2) is 5.67. The van der Waals surface area contributed by atoms with Gasteiger partial charge in [0.05, 0.1) is 6.04 Å². The molecule has 1 amide bonds. The van der Waals surface area contributed by atoms with E-state index in [1.807, 2.05) is 13.0 Å². The fourth-order valence-corrected chi connectivity index (χ4v) is 3.19. The van der Waals surface area contributed by atoms with Crippen molar-refractivity contribution in [3.05, 3.63) is 33.3 Å². The van der Waals surface area contributed by atoms with Gasteiger partial charge in [-0.15, -0.1) is 0 Å². The van der Waals surface area contributed by atoms with Crippen LogP contribution in [0.5, 0.6) is 0 Å². The molecule has 0 saturated carbocycles. The Morgan fingerprint density at radius 2 is 2.26 bits per heavy atom. The van der Waals surface area contributed by atoms with E-state index in [4.69, 9.17) is 28.9 Å². The van der Waals surface area contributed by atoms with Crippen LogP contribution >= 0.6 is 23.2 Å². The van der Waals surface area contributed by atoms with Crippen molar-refractivity contribution in [1.82, 2.24) is 4.90 Å². The highest BCUT2D eigenvalue weighted by Gasteiger charge is 2.32. The Labute approximate surface area is 122 Å². The molecule has 1 aliphatic heterocycles. The Hall–Kier alpha value is -0.810. The van der Waals surface area contributed by atoms with E-state index in [0.29, 0.717) is 23.0 Å². The summed E-state index contributed by atoms with van der Waals surface area (Å²) >= 11 is 12.2. The highest BCUT2D eigenvalue weighted by molar-refractivity contribution is 6.35. The first-order valence-electron chi connectivity index (χ1n) is 6.12. The van der Waals surface area contributed by atoms with E-state index in [9.17, 15) is 9.90 Å². The molecule has 19 heavy (non-hydrogen) atoms. The Morgan fingerprint density at radius 3 is 2.89 bits per heavy atom. The van der Waals surface area contributed by atoms with Crippen molar-refractivity contribution in [2.24, 2.45) is 5.73 Å². The summed E-state index contributed by atoms with van der Waals surface area (Å²) in [4.78, 5) is 13.7. The SMILES string of the molecule is C[C@H]1c2c(Cl)cc(Cl)cc2CCN1C(=O)C(O)CN. The predicted octanol–water partition coefficient (Wildman–Crippen LogP) is 1.76. The Balaban J connectivity index is 2.34. The number of carbonyl (C=O) groups is 1. The highest BCUT2D eigenvalue weighted by Crippen LogP contribution is 2.37. The molecule has 1 aromatic rings. The number of aliphatic hydroxyl groups is 1. The number of fused-ring (bicyclic) bond motifs is 1. The van der Waals surface area contributed by atoms with Gasteiger partial charge in [0.15, 0.2) is 0 Å². The maximum absolute atomic E-state index is 12.1. The number of halogens is 2. The molecule has 0 fully saturated rings. The van der Waals surface area contributed by atoms with E-state index < -0.39 is 6.10 Å². The zero-order chi connectivity index (χ0) is 14.2. The van der Waals surface area contributed by atoms with Gasteiger partial charge >= 0.3 is 0 Å². The molecule has 0 saturated heterocycles. The minimum atomic E-state index is -1.16. The van der Waals surface area contributed by atoms with Crippen molar-refractivity contribution < 1.29 is 9.90 Å². The molecule has 1 unspecified atom stereocenters. The third-order valence-corrected chi connectivity index (χ3v) is 4.01. The molecule has 2 atom stereocenters. The number of carbonyl (C=O) groups excluding carboxylic acids is 1. The zero-order valence-corrected chi connectivity index (χ0v) is 12.1. The molecule has 2 rings (SSSR count). The van der Waals surface area contributed by atoms with Crippen molar-refractivity contribution in [3.8, 4) is 0 Å². The Morgan fingerprint density at radius 1 is 1.58 bits per heavy atom. The van der Waals surface area contributed by atoms with Crippen molar-refractivity contribution in [1.29, 1.82) is 0 Å². The number of aliphatic hydroxyl groups excluding tert-OH is 1. The van der Waals surface area contributed by atoms with Crippen LogP contribution in [0, 0.1) is 0 Å². The summed E-state index contributed by atoms with van der Waals surface area (Å²) in [6.45, 7) is 2.34. The van der Waals surface area contributed by atoms with Gasteiger partial charge in [0.1, 0.15) is 6.10 Å². The Kier molecular flexibility index (Phi) is 4.36. The van der Waals surface area contributed by atoms with Crippen molar-refractivity contribution in [2.45, 2.75) is 25.5 Å². The third kappa shape index (κ3) is 2.72. The maximum Gasteiger partial charge on any atom is 0.253 e. The van der Waals surface area contributed by atoms with Crippen LogP contribution in [0.15, 0.2) is 12.1 Å². The summed E-state index contributed by atoms with van der Waals surface area (Å²) in [6.07, 6.45) is -0.488. The smallest absolute Gasteiger partial charge is 0.253 e. The van der Waals surface area contributed by atoms with Crippen LogP contribution in [0.2, 0.25) is 10.0 Å². The summed E-state index contributed by atoms with van der Waals surface area (Å²) < 4.78 is 0. The van der Waals surface area contributed by atoms with Gasteiger partial charge in [-0.05, 0) is 36.6 Å². The monoisotopic (exact) mass is 302 g/mol. The van der Waals surface area contributed by atoms with Crippen molar-refractivity contribution in [2.75, 3.05) is 13.1 Å². The molecule has 3 N–H and O–H groups in total. The number of nitrogens with zero attached hydrogens (tertiary/aromatic N) is 1. The van der Waals surface area contributed by atoms with Gasteiger partial charge in [-0.3, -0.25) is 4.79 Å². The first-order valence-corrected chi connectivity index (χ1v) is 6.87. The summed E-state index contributed by atoms with van der Waals surface area (Å²) in [5, 5.41) is 10.7. The van der Waals surface area contributed by atoms with E-state index in [0.717, 1.165) is 11.1 Å². The van der Waals surface area contributed by atoms with E-state index in [-0.39, 0.29) is 18.5 Å². The first-order chi connectivity index (χ1) is 8.95. The van der Waals surface area contributed by atoms with Gasteiger partial charge in [0, 0.05) is 23.1 Å². The molecule has 104 valence electrons. The highest BCUT2D eigenvalue weighted by atomic mass is 35.5. The lowest BCUT2D eigenvalue weighted by atomic mass is 9.93. The Bertz CT molecular complexity index is 508. The van der Waals surface area contributed by atoms with E-state index in [2.05, 4.69) is 0 Å². The molecule has 0 bridgehead atoms. The van der Waals surface area contributed by atoms with Crippen molar-refractivity contribution in [3.63, 3.8) is 0 Å². The molecule has 0 radical (unpaired) electrons. The number of amides is 1. The standard InChI is InChI=1S/C13H16Cl2N2O2/c1-7-12-8(4-9(14)5-10(12)15)2-3-17(7)13(19)11(18)6-16/h4-5,7,11,18H,2-3,6,16H2,1H3/t7-,11?/m0/s1. The van der Waals surface area contributed by atoms with Crippen LogP contribution in [0.4, 0.5) is 0 Å². The minimum absolute atomic E-state index is 0.0801. The largest absolute Gasteiger partial charge is 0.382 e. The van der Waals surface area contributed by atoms with Gasteiger partial charge in [0.2, 0.25) is 0 Å². The number of hydrogen-bond donors (Lipinski definition) is 2. The summed E-state index contributed by atoms with van der Waals surface area (Å²) in [6, 6.07) is 3.36. The first kappa shape index (κ1) is 14.6. The van der Waals surface area contributed by atoms with E-state index in [1.54, 1.807) is 11.0 Å². The predicted molar refractivity (Wildman–Crippen MR) is 75.4 cm³/mol. The molecule has 1 aliphatic rings.